The van der Waals surface area contributed by atoms with Gasteiger partial charge in [-0.3, -0.25) is 4.79 Å². The third-order valence-corrected chi connectivity index (χ3v) is 4.41. The first-order valence-electron chi connectivity index (χ1n) is 9.33. The zero-order valence-electron chi connectivity index (χ0n) is 16.4. The van der Waals surface area contributed by atoms with Crippen molar-refractivity contribution in [1.82, 2.24) is 14.9 Å². The largest absolute Gasteiger partial charge is 0.494 e. The average molecular weight is 379 g/mol. The van der Waals surface area contributed by atoms with Crippen molar-refractivity contribution in [3.05, 3.63) is 71.7 Å². The Labute approximate surface area is 165 Å². The second-order valence-electron chi connectivity index (χ2n) is 6.49. The van der Waals surface area contributed by atoms with E-state index in [1.165, 1.54) is 0 Å². The number of ether oxygens (including phenoxy) is 2. The maximum atomic E-state index is 12.4. The van der Waals surface area contributed by atoms with Crippen molar-refractivity contribution in [3.8, 4) is 17.4 Å². The summed E-state index contributed by atoms with van der Waals surface area (Å²) in [5, 5.41) is 2.93. The fourth-order valence-corrected chi connectivity index (χ4v) is 2.69. The highest BCUT2D eigenvalue weighted by Gasteiger charge is 2.12. The number of hydrogen-bond acceptors (Lipinski definition) is 4. The van der Waals surface area contributed by atoms with Crippen molar-refractivity contribution in [1.29, 1.82) is 0 Å². The highest BCUT2D eigenvalue weighted by atomic mass is 16.5. The van der Waals surface area contributed by atoms with Crippen molar-refractivity contribution in [3.63, 3.8) is 0 Å². The standard InChI is InChI=1S/C22H25N3O3/c1-4-14-27-18-8-10-19(11-9-18)28-22-17(6-5-13-23-22)15-24-21(26)20-12-7-16(2)25(20)3/h5-13H,4,14-15H2,1-3H3,(H,24,26). The van der Waals surface area contributed by atoms with Crippen LogP contribution < -0.4 is 14.8 Å². The van der Waals surface area contributed by atoms with Gasteiger partial charge in [-0.2, -0.15) is 0 Å². The number of pyridine rings is 1. The Hall–Kier alpha value is -3.28. The van der Waals surface area contributed by atoms with Crippen LogP contribution in [-0.4, -0.2) is 22.1 Å². The van der Waals surface area contributed by atoms with E-state index in [2.05, 4.69) is 17.2 Å². The number of nitrogens with one attached hydrogen (secondary N) is 1. The number of carbonyl (C=O) groups excluding carboxylic acids is 1. The van der Waals surface area contributed by atoms with Crippen LogP contribution in [0.4, 0.5) is 0 Å². The van der Waals surface area contributed by atoms with Gasteiger partial charge in [0.05, 0.1) is 6.61 Å². The number of aromatic nitrogens is 2. The Morgan fingerprint density at radius 2 is 1.86 bits per heavy atom. The first kappa shape index (κ1) is 19.5. The Balaban J connectivity index is 1.66. The van der Waals surface area contributed by atoms with E-state index in [-0.39, 0.29) is 5.91 Å². The van der Waals surface area contributed by atoms with Crippen molar-refractivity contribution in [2.75, 3.05) is 6.61 Å². The van der Waals surface area contributed by atoms with Gasteiger partial charge in [0.25, 0.3) is 5.91 Å². The van der Waals surface area contributed by atoms with E-state index < -0.39 is 0 Å². The van der Waals surface area contributed by atoms with Crippen LogP contribution in [-0.2, 0) is 13.6 Å². The molecule has 3 aromatic rings. The predicted molar refractivity (Wildman–Crippen MR) is 108 cm³/mol. The molecule has 6 heteroatoms. The van der Waals surface area contributed by atoms with E-state index in [4.69, 9.17) is 9.47 Å². The van der Waals surface area contributed by atoms with E-state index in [9.17, 15) is 4.79 Å². The fraction of sp³-hybridized carbons (Fsp3) is 0.273. The molecule has 0 unspecified atom stereocenters. The summed E-state index contributed by atoms with van der Waals surface area (Å²) in [6.45, 7) is 5.04. The zero-order chi connectivity index (χ0) is 19.9. The number of hydrogen-bond donors (Lipinski definition) is 1. The molecule has 0 atom stereocenters. The number of benzene rings is 1. The van der Waals surface area contributed by atoms with Crippen molar-refractivity contribution in [2.45, 2.75) is 26.8 Å². The summed E-state index contributed by atoms with van der Waals surface area (Å²) >= 11 is 0. The van der Waals surface area contributed by atoms with Crippen LogP contribution in [0.25, 0.3) is 0 Å². The molecule has 1 N–H and O–H groups in total. The number of aryl methyl sites for hydroxylation is 1. The minimum absolute atomic E-state index is 0.136. The second kappa shape index (κ2) is 9.08. The zero-order valence-corrected chi connectivity index (χ0v) is 16.4. The van der Waals surface area contributed by atoms with Crippen LogP contribution >= 0.6 is 0 Å². The van der Waals surface area contributed by atoms with Gasteiger partial charge in [0.1, 0.15) is 17.2 Å². The molecule has 0 spiro atoms. The molecule has 6 nitrogen and oxygen atoms in total. The van der Waals surface area contributed by atoms with Crippen LogP contribution in [0.1, 0.15) is 35.1 Å². The van der Waals surface area contributed by atoms with Gasteiger partial charge in [-0.1, -0.05) is 13.0 Å². The Morgan fingerprint density at radius 1 is 1.11 bits per heavy atom. The maximum absolute atomic E-state index is 12.4. The molecule has 3 rings (SSSR count). The number of carbonyl (C=O) groups is 1. The van der Waals surface area contributed by atoms with Gasteiger partial charge in [-0.15, -0.1) is 0 Å². The molecule has 0 bridgehead atoms. The Kier molecular flexibility index (Phi) is 6.32. The third-order valence-electron chi connectivity index (χ3n) is 4.41. The summed E-state index contributed by atoms with van der Waals surface area (Å²) in [6, 6.07) is 14.9. The van der Waals surface area contributed by atoms with Crippen LogP contribution in [0.2, 0.25) is 0 Å². The molecule has 0 saturated heterocycles. The molecule has 0 radical (unpaired) electrons. The lowest BCUT2D eigenvalue weighted by Gasteiger charge is -2.12. The smallest absolute Gasteiger partial charge is 0.268 e. The highest BCUT2D eigenvalue weighted by Crippen LogP contribution is 2.25. The topological polar surface area (TPSA) is 65.4 Å². The van der Waals surface area contributed by atoms with Crippen molar-refractivity contribution in [2.24, 2.45) is 7.05 Å². The van der Waals surface area contributed by atoms with E-state index in [0.29, 0.717) is 30.5 Å². The maximum Gasteiger partial charge on any atom is 0.268 e. The quantitative estimate of drug-likeness (QED) is 0.636. The number of rotatable bonds is 8. The monoisotopic (exact) mass is 379 g/mol. The number of amides is 1. The predicted octanol–water partition coefficient (Wildman–Crippen LogP) is 4.24. The van der Waals surface area contributed by atoms with Crippen LogP contribution in [0.3, 0.4) is 0 Å². The lowest BCUT2D eigenvalue weighted by Crippen LogP contribution is -2.25. The molecular weight excluding hydrogens is 354 g/mol. The van der Waals surface area contributed by atoms with Gasteiger partial charge in [0.2, 0.25) is 5.88 Å². The van der Waals surface area contributed by atoms with Gasteiger partial charge < -0.3 is 19.4 Å². The first-order valence-corrected chi connectivity index (χ1v) is 9.33. The summed E-state index contributed by atoms with van der Waals surface area (Å²) in [5.74, 6) is 1.80. The molecule has 0 saturated carbocycles. The van der Waals surface area contributed by atoms with Crippen LogP contribution in [0, 0.1) is 6.92 Å². The van der Waals surface area contributed by atoms with Gasteiger partial charge in [0, 0.05) is 31.0 Å². The van der Waals surface area contributed by atoms with E-state index in [1.54, 1.807) is 6.20 Å². The Morgan fingerprint density at radius 3 is 2.54 bits per heavy atom. The first-order chi connectivity index (χ1) is 13.6. The normalized spacial score (nSPS) is 10.5. The highest BCUT2D eigenvalue weighted by molar-refractivity contribution is 5.92. The molecule has 0 aliphatic carbocycles. The molecule has 0 aliphatic heterocycles. The molecule has 28 heavy (non-hydrogen) atoms. The molecule has 1 amide bonds. The minimum atomic E-state index is -0.136. The molecule has 0 fully saturated rings. The summed E-state index contributed by atoms with van der Waals surface area (Å²) in [4.78, 5) is 16.7. The van der Waals surface area contributed by atoms with E-state index in [1.807, 2.05) is 67.1 Å². The minimum Gasteiger partial charge on any atom is -0.494 e. The van der Waals surface area contributed by atoms with Crippen molar-refractivity contribution >= 4 is 5.91 Å². The van der Waals surface area contributed by atoms with Crippen LogP contribution in [0.15, 0.2) is 54.7 Å². The average Bonchev–Trinajstić information content (AvgIpc) is 3.05. The number of nitrogens with zero attached hydrogens (tertiary/aromatic N) is 2. The molecule has 2 aromatic heterocycles. The van der Waals surface area contributed by atoms with Crippen molar-refractivity contribution < 1.29 is 14.3 Å². The molecule has 1 aromatic carbocycles. The van der Waals surface area contributed by atoms with Crippen LogP contribution in [0.5, 0.6) is 17.4 Å². The van der Waals surface area contributed by atoms with E-state index >= 15 is 0 Å². The summed E-state index contributed by atoms with van der Waals surface area (Å²) in [7, 11) is 1.87. The van der Waals surface area contributed by atoms with E-state index in [0.717, 1.165) is 23.4 Å². The molecule has 2 heterocycles. The SMILES string of the molecule is CCCOc1ccc(Oc2ncccc2CNC(=O)c2ccc(C)n2C)cc1. The second-order valence-corrected chi connectivity index (χ2v) is 6.49. The molecular formula is C22H25N3O3. The molecule has 0 aliphatic rings. The third kappa shape index (κ3) is 4.71. The van der Waals surface area contributed by atoms with Gasteiger partial charge in [-0.05, 0) is 55.8 Å². The lowest BCUT2D eigenvalue weighted by atomic mass is 10.2. The summed E-state index contributed by atoms with van der Waals surface area (Å²) in [6.07, 6.45) is 2.63. The Bertz CT molecular complexity index is 932. The van der Waals surface area contributed by atoms with Gasteiger partial charge in [-0.25, -0.2) is 4.98 Å². The lowest BCUT2D eigenvalue weighted by molar-refractivity contribution is 0.0942. The summed E-state index contributed by atoms with van der Waals surface area (Å²) in [5.41, 5.74) is 2.45. The van der Waals surface area contributed by atoms with Gasteiger partial charge >= 0.3 is 0 Å². The van der Waals surface area contributed by atoms with Gasteiger partial charge in [0.15, 0.2) is 0 Å². The fourth-order valence-electron chi connectivity index (χ4n) is 2.69. The molecule has 146 valence electrons. The summed E-state index contributed by atoms with van der Waals surface area (Å²) < 4.78 is 13.4.